The smallest absolute Gasteiger partial charge is 0.398 e. The van der Waals surface area contributed by atoms with Gasteiger partial charge in [-0.1, -0.05) is 39.5 Å². The van der Waals surface area contributed by atoms with Crippen molar-refractivity contribution in [3.05, 3.63) is 37.4 Å². The summed E-state index contributed by atoms with van der Waals surface area (Å²) in [7, 11) is -2.67. The van der Waals surface area contributed by atoms with Gasteiger partial charge in [0.1, 0.15) is 0 Å². The lowest BCUT2D eigenvalue weighted by molar-refractivity contribution is 0.340. The molecule has 0 aliphatic carbocycles. The molecule has 2 aromatic heterocycles. The van der Waals surface area contributed by atoms with Crippen molar-refractivity contribution in [2.45, 2.75) is 65.5 Å². The van der Waals surface area contributed by atoms with Gasteiger partial charge in [0.15, 0.2) is 0 Å². The molecular weight excluding hydrogens is 310 g/mol. The zero-order chi connectivity index (χ0) is 18.0. The third kappa shape index (κ3) is 15.2. The molecule has 2 rings (SSSR count). The number of halogens is 1. The van der Waals surface area contributed by atoms with Crippen LogP contribution in [-0.4, -0.2) is 36.5 Å². The van der Waals surface area contributed by atoms with E-state index < -0.39 is 7.40 Å². The summed E-state index contributed by atoms with van der Waals surface area (Å²) in [6, 6.07) is 0. The number of aromatic nitrogens is 4. The van der Waals surface area contributed by atoms with Crippen LogP contribution in [0.1, 0.15) is 52.4 Å². The van der Waals surface area contributed by atoms with Gasteiger partial charge >= 0.3 is 7.40 Å². The van der Waals surface area contributed by atoms with Crippen molar-refractivity contribution in [3.63, 3.8) is 0 Å². The van der Waals surface area contributed by atoms with Gasteiger partial charge in [-0.05, 0) is 12.8 Å². The zero-order valence-corrected chi connectivity index (χ0v) is 14.8. The van der Waals surface area contributed by atoms with Crippen LogP contribution in [0, 0.1) is 0 Å². The van der Waals surface area contributed by atoms with E-state index in [1.165, 1.54) is 38.5 Å². The average molecular weight is 340 g/mol. The summed E-state index contributed by atoms with van der Waals surface area (Å²) in [4.78, 5) is 7.93. The molecule has 0 aliphatic rings. The van der Waals surface area contributed by atoms with Crippen molar-refractivity contribution >= 4 is 7.40 Å². The molecular formula is C16H30BFN4O2. The minimum atomic E-state index is -2.67. The third-order valence-corrected chi connectivity index (χ3v) is 3.16. The molecule has 0 atom stereocenters. The lowest BCUT2D eigenvalue weighted by atomic mass is 10.2. The van der Waals surface area contributed by atoms with Gasteiger partial charge in [0.25, 0.3) is 0 Å². The Morgan fingerprint density at radius 3 is 1.46 bits per heavy atom. The van der Waals surface area contributed by atoms with Crippen LogP contribution in [0.5, 0.6) is 0 Å². The third-order valence-electron chi connectivity index (χ3n) is 3.16. The Morgan fingerprint density at radius 2 is 1.21 bits per heavy atom. The van der Waals surface area contributed by atoms with E-state index in [0.717, 1.165) is 13.1 Å². The molecule has 0 saturated heterocycles. The number of nitrogens with zero attached hydrogens (tertiary/aromatic N) is 4. The summed E-state index contributed by atoms with van der Waals surface area (Å²) in [6.07, 6.45) is 19.2. The number of hydrogen-bond donors (Lipinski definition) is 2. The van der Waals surface area contributed by atoms with Gasteiger partial charge in [-0.3, -0.25) is 4.32 Å². The Hall–Kier alpha value is -1.67. The number of unbranched alkanes of at least 4 members (excludes halogenated alkanes) is 4. The topological polar surface area (TPSA) is 76.1 Å². The first-order valence-electron chi connectivity index (χ1n) is 8.51. The van der Waals surface area contributed by atoms with Crippen molar-refractivity contribution in [1.29, 1.82) is 0 Å². The Balaban J connectivity index is 0.000000363. The van der Waals surface area contributed by atoms with E-state index in [2.05, 4.69) is 32.9 Å². The molecule has 0 radical (unpaired) electrons. The quantitative estimate of drug-likeness (QED) is 0.572. The predicted octanol–water partition coefficient (Wildman–Crippen LogP) is 3.07. The molecule has 2 aromatic rings. The summed E-state index contributed by atoms with van der Waals surface area (Å²) in [5.74, 6) is 0. The van der Waals surface area contributed by atoms with Gasteiger partial charge in [0, 0.05) is 37.9 Å². The van der Waals surface area contributed by atoms with Crippen LogP contribution in [0.25, 0.3) is 0 Å². The van der Waals surface area contributed by atoms with Crippen LogP contribution < -0.4 is 0 Å². The highest BCUT2D eigenvalue weighted by Crippen LogP contribution is 1.97. The normalized spacial score (nSPS) is 9.54. The summed E-state index contributed by atoms with van der Waals surface area (Å²) in [5, 5.41) is 13.9. The number of hydrogen-bond acceptors (Lipinski definition) is 4. The summed E-state index contributed by atoms with van der Waals surface area (Å²) in [6.45, 7) is 6.67. The van der Waals surface area contributed by atoms with Gasteiger partial charge in [0.05, 0.1) is 12.7 Å². The second kappa shape index (κ2) is 16.2. The first-order chi connectivity index (χ1) is 11.6. The van der Waals surface area contributed by atoms with Crippen molar-refractivity contribution in [2.24, 2.45) is 0 Å². The highest BCUT2D eigenvalue weighted by atomic mass is 19.1. The average Bonchev–Trinajstić information content (AvgIpc) is 3.21. The molecule has 0 bridgehead atoms. The molecule has 0 saturated carbocycles. The van der Waals surface area contributed by atoms with Crippen molar-refractivity contribution < 1.29 is 14.4 Å². The number of imidazole rings is 2. The largest absolute Gasteiger partial charge is 0.674 e. The van der Waals surface area contributed by atoms with Crippen LogP contribution in [0.15, 0.2) is 37.4 Å². The van der Waals surface area contributed by atoms with E-state index >= 15 is 0 Å². The minimum Gasteiger partial charge on any atom is -0.398 e. The van der Waals surface area contributed by atoms with E-state index in [0.29, 0.717) is 0 Å². The Kier molecular flexibility index (Phi) is 15.1. The van der Waals surface area contributed by atoms with Gasteiger partial charge < -0.3 is 19.2 Å². The summed E-state index contributed by atoms with van der Waals surface area (Å²) < 4.78 is 14.4. The molecule has 24 heavy (non-hydrogen) atoms. The molecule has 0 aliphatic heterocycles. The maximum Gasteiger partial charge on any atom is 0.674 e. The number of aryl methyl sites for hydroxylation is 2. The van der Waals surface area contributed by atoms with E-state index in [-0.39, 0.29) is 0 Å². The fourth-order valence-corrected chi connectivity index (χ4v) is 1.93. The molecule has 2 heterocycles. The van der Waals surface area contributed by atoms with Crippen LogP contribution in [0.3, 0.4) is 0 Å². The van der Waals surface area contributed by atoms with E-state index in [1.807, 2.05) is 37.4 Å². The summed E-state index contributed by atoms with van der Waals surface area (Å²) >= 11 is 0. The van der Waals surface area contributed by atoms with Gasteiger partial charge in [-0.2, -0.15) is 0 Å². The highest BCUT2D eigenvalue weighted by molar-refractivity contribution is 6.31. The van der Waals surface area contributed by atoms with Crippen LogP contribution in [-0.2, 0) is 13.1 Å². The first kappa shape index (κ1) is 22.3. The van der Waals surface area contributed by atoms with Crippen molar-refractivity contribution in [3.8, 4) is 0 Å². The molecule has 136 valence electrons. The lowest BCUT2D eigenvalue weighted by Gasteiger charge is -1.98. The SMILES string of the molecule is CCCCCn1ccnc1.CCCCCn1ccnc1.OB(O)F. The second-order valence-electron chi connectivity index (χ2n) is 5.33. The molecule has 2 N–H and O–H groups in total. The Morgan fingerprint density at radius 1 is 0.833 bits per heavy atom. The van der Waals surface area contributed by atoms with Crippen molar-refractivity contribution in [1.82, 2.24) is 19.1 Å². The zero-order valence-electron chi connectivity index (χ0n) is 14.8. The first-order valence-corrected chi connectivity index (χ1v) is 8.51. The fraction of sp³-hybridized carbons (Fsp3) is 0.625. The van der Waals surface area contributed by atoms with Crippen LogP contribution in [0.4, 0.5) is 4.32 Å². The standard InChI is InChI=1S/2C8H14N2.BFH2O2/c2*1-2-3-4-6-10-7-5-9-8-10;2-1(3)4/h2*5,7-8H,2-4,6H2,1H3;3-4H. The van der Waals surface area contributed by atoms with Gasteiger partial charge in [-0.15, -0.1) is 0 Å². The highest BCUT2D eigenvalue weighted by Gasteiger charge is 1.97. The Labute approximate surface area is 144 Å². The molecule has 8 heteroatoms. The Bertz CT molecular complexity index is 410. The maximum atomic E-state index is 10.1. The van der Waals surface area contributed by atoms with Crippen LogP contribution >= 0.6 is 0 Å². The minimum absolute atomic E-state index is 1.12. The van der Waals surface area contributed by atoms with E-state index in [9.17, 15) is 4.32 Å². The molecule has 0 spiro atoms. The second-order valence-corrected chi connectivity index (χ2v) is 5.33. The summed E-state index contributed by atoms with van der Waals surface area (Å²) in [5.41, 5.74) is 0. The molecule has 0 fully saturated rings. The molecule has 0 unspecified atom stereocenters. The molecule has 0 aromatic carbocycles. The van der Waals surface area contributed by atoms with E-state index in [1.54, 1.807) is 0 Å². The fourth-order valence-electron chi connectivity index (χ4n) is 1.93. The van der Waals surface area contributed by atoms with Crippen LogP contribution in [0.2, 0.25) is 0 Å². The van der Waals surface area contributed by atoms with Gasteiger partial charge in [0.2, 0.25) is 0 Å². The molecule has 6 nitrogen and oxygen atoms in total. The lowest BCUT2D eigenvalue weighted by Crippen LogP contribution is -1.98. The molecule has 0 amide bonds. The predicted molar refractivity (Wildman–Crippen MR) is 94.8 cm³/mol. The van der Waals surface area contributed by atoms with Crippen molar-refractivity contribution in [2.75, 3.05) is 0 Å². The van der Waals surface area contributed by atoms with Gasteiger partial charge in [-0.25, -0.2) is 9.97 Å². The van der Waals surface area contributed by atoms with E-state index in [4.69, 9.17) is 10.0 Å². The number of rotatable bonds is 8. The monoisotopic (exact) mass is 340 g/mol. The maximum absolute atomic E-state index is 10.1.